The van der Waals surface area contributed by atoms with E-state index in [2.05, 4.69) is 25.6 Å². The number of halogens is 1. The van der Waals surface area contributed by atoms with Crippen molar-refractivity contribution in [2.45, 2.75) is 76.5 Å². The van der Waals surface area contributed by atoms with Gasteiger partial charge in [0.2, 0.25) is 5.91 Å². The summed E-state index contributed by atoms with van der Waals surface area (Å²) in [4.78, 5) is 15.3. The number of piperidine rings is 1. The summed E-state index contributed by atoms with van der Waals surface area (Å²) in [6.45, 7) is 14.8. The summed E-state index contributed by atoms with van der Waals surface area (Å²) >= 11 is 0. The molecule has 0 saturated carbocycles. The van der Waals surface area contributed by atoms with E-state index < -0.39 is 7.12 Å². The molecule has 2 atom stereocenters. The highest BCUT2D eigenvalue weighted by molar-refractivity contribution is 6.62. The molecule has 4 nitrogen and oxygen atoms in total. The van der Waals surface area contributed by atoms with Crippen molar-refractivity contribution in [1.82, 2.24) is 4.90 Å². The molecule has 4 rings (SSSR count). The first-order valence-corrected chi connectivity index (χ1v) is 12.1. The van der Waals surface area contributed by atoms with E-state index in [9.17, 15) is 9.18 Å². The van der Waals surface area contributed by atoms with Gasteiger partial charge < -0.3 is 14.2 Å². The molecule has 2 aliphatic heterocycles. The molecule has 6 heteroatoms. The zero-order valence-corrected chi connectivity index (χ0v) is 20.9. The van der Waals surface area contributed by atoms with Crippen LogP contribution in [0.15, 0.2) is 61.2 Å². The highest BCUT2D eigenvalue weighted by atomic mass is 19.1. The van der Waals surface area contributed by atoms with Crippen LogP contribution in [0.3, 0.4) is 0 Å². The van der Waals surface area contributed by atoms with Gasteiger partial charge in [-0.25, -0.2) is 4.39 Å². The summed E-state index contributed by atoms with van der Waals surface area (Å²) < 4.78 is 25.8. The first-order valence-electron chi connectivity index (χ1n) is 12.1. The molecular weight excluding hydrogens is 428 g/mol. The smallest absolute Gasteiger partial charge is 0.399 e. The van der Waals surface area contributed by atoms with Gasteiger partial charge >= 0.3 is 7.12 Å². The number of amides is 1. The molecule has 2 saturated heterocycles. The topological polar surface area (TPSA) is 38.8 Å². The van der Waals surface area contributed by atoms with Gasteiger partial charge in [0.1, 0.15) is 5.82 Å². The van der Waals surface area contributed by atoms with E-state index in [4.69, 9.17) is 9.31 Å². The number of likely N-dealkylation sites (tertiary alicyclic amines) is 1. The third-order valence-electron chi connectivity index (χ3n) is 8.04. The number of carbonyl (C=O) groups excluding carboxylic acids is 1. The number of rotatable bonds is 6. The first-order chi connectivity index (χ1) is 16.0. The Bertz CT molecular complexity index is 1030. The summed E-state index contributed by atoms with van der Waals surface area (Å²) in [6.07, 6.45) is 3.76. The third kappa shape index (κ3) is 4.46. The summed E-state index contributed by atoms with van der Waals surface area (Å²) in [5, 5.41) is 0. The highest BCUT2D eigenvalue weighted by Crippen LogP contribution is 2.41. The summed E-state index contributed by atoms with van der Waals surface area (Å²) in [5.74, 6) is -0.154. The maximum atomic E-state index is 13.5. The first kappa shape index (κ1) is 24.7. The molecule has 0 radical (unpaired) electrons. The Morgan fingerprint density at radius 1 is 1.06 bits per heavy atom. The van der Waals surface area contributed by atoms with Crippen LogP contribution in [0.4, 0.5) is 4.39 Å². The SMILES string of the molecule is C=CCC1(c2ccc(F)cc2)CCN([C@@H](C)c2ccc(B3OC(C)(C)C(C)(C)O3)cc2)C(=O)C1. The number of carbonyl (C=O) groups is 1. The van der Waals surface area contributed by atoms with E-state index in [1.165, 1.54) is 12.1 Å². The number of hydrogen-bond acceptors (Lipinski definition) is 3. The van der Waals surface area contributed by atoms with Crippen molar-refractivity contribution in [2.75, 3.05) is 6.54 Å². The van der Waals surface area contributed by atoms with Gasteiger partial charge in [-0.15, -0.1) is 6.58 Å². The molecular formula is C28H35BFNO3. The Hall–Kier alpha value is -2.44. The van der Waals surface area contributed by atoms with Crippen LogP contribution in [-0.4, -0.2) is 35.7 Å². The molecule has 0 aliphatic carbocycles. The van der Waals surface area contributed by atoms with E-state index in [-0.39, 0.29) is 34.4 Å². The quantitative estimate of drug-likeness (QED) is 0.430. The average Bonchev–Trinajstić information content (AvgIpc) is 3.01. The Balaban J connectivity index is 1.48. The van der Waals surface area contributed by atoms with Gasteiger partial charge in [-0.3, -0.25) is 4.79 Å². The van der Waals surface area contributed by atoms with Crippen LogP contribution in [0.25, 0.3) is 0 Å². The van der Waals surface area contributed by atoms with Gasteiger partial charge in [0.25, 0.3) is 0 Å². The van der Waals surface area contributed by atoms with E-state index in [0.717, 1.165) is 23.0 Å². The number of benzene rings is 2. The van der Waals surface area contributed by atoms with Gasteiger partial charge in [0.05, 0.1) is 17.2 Å². The maximum absolute atomic E-state index is 13.5. The summed E-state index contributed by atoms with van der Waals surface area (Å²) in [6, 6.07) is 14.7. The van der Waals surface area contributed by atoms with Crippen molar-refractivity contribution >= 4 is 18.5 Å². The largest absolute Gasteiger partial charge is 0.494 e. The second kappa shape index (κ2) is 8.97. The van der Waals surface area contributed by atoms with Crippen molar-refractivity contribution in [3.63, 3.8) is 0 Å². The molecule has 0 aromatic heterocycles. The van der Waals surface area contributed by atoms with Gasteiger partial charge in [-0.05, 0) is 76.2 Å². The standard InChI is InChI=1S/C28H35BFNO3/c1-7-16-28(22-10-14-24(30)15-11-22)17-18-31(25(32)19-28)20(2)21-8-12-23(13-9-21)29-33-26(3,4)27(5,6)34-29/h7-15,20H,1,16-19H2,2-6H3/t20-,28?/m0/s1. The van der Waals surface area contributed by atoms with Crippen molar-refractivity contribution in [2.24, 2.45) is 0 Å². The lowest BCUT2D eigenvalue weighted by atomic mass is 9.70. The maximum Gasteiger partial charge on any atom is 0.494 e. The predicted molar refractivity (Wildman–Crippen MR) is 134 cm³/mol. The molecule has 2 aromatic rings. The van der Waals surface area contributed by atoms with Crippen molar-refractivity contribution in [1.29, 1.82) is 0 Å². The molecule has 0 N–H and O–H groups in total. The zero-order chi connectivity index (χ0) is 24.7. The van der Waals surface area contributed by atoms with Crippen LogP contribution in [0.1, 0.15) is 71.0 Å². The summed E-state index contributed by atoms with van der Waals surface area (Å²) in [5.41, 5.74) is 1.95. The Kier molecular flexibility index (Phi) is 6.51. The summed E-state index contributed by atoms with van der Waals surface area (Å²) in [7, 11) is -0.402. The Morgan fingerprint density at radius 3 is 2.18 bits per heavy atom. The molecule has 180 valence electrons. The Morgan fingerprint density at radius 2 is 1.65 bits per heavy atom. The minimum Gasteiger partial charge on any atom is -0.399 e. The fourth-order valence-electron chi connectivity index (χ4n) is 5.06. The molecule has 0 spiro atoms. The molecule has 1 unspecified atom stereocenters. The lowest BCUT2D eigenvalue weighted by molar-refractivity contribution is -0.138. The predicted octanol–water partition coefficient (Wildman–Crippen LogP) is 5.32. The highest BCUT2D eigenvalue weighted by Gasteiger charge is 2.51. The number of nitrogens with zero attached hydrogens (tertiary/aromatic N) is 1. The van der Waals surface area contributed by atoms with E-state index in [0.29, 0.717) is 19.4 Å². The molecule has 2 aromatic carbocycles. The number of hydrogen-bond donors (Lipinski definition) is 0. The fourth-order valence-corrected chi connectivity index (χ4v) is 5.06. The molecule has 2 heterocycles. The van der Waals surface area contributed by atoms with Gasteiger partial charge in [-0.2, -0.15) is 0 Å². The molecule has 0 bridgehead atoms. The van der Waals surface area contributed by atoms with Crippen molar-refractivity contribution < 1.29 is 18.5 Å². The van der Waals surface area contributed by atoms with E-state index >= 15 is 0 Å². The van der Waals surface area contributed by atoms with Gasteiger partial charge in [0.15, 0.2) is 0 Å². The molecule has 2 aliphatic rings. The van der Waals surface area contributed by atoms with E-state index in [1.54, 1.807) is 12.1 Å². The second-order valence-corrected chi connectivity index (χ2v) is 10.7. The molecule has 1 amide bonds. The molecule has 2 fully saturated rings. The van der Waals surface area contributed by atoms with Crippen molar-refractivity contribution in [3.8, 4) is 0 Å². The van der Waals surface area contributed by atoms with Crippen LogP contribution in [0.2, 0.25) is 0 Å². The number of allylic oxidation sites excluding steroid dienone is 1. The minimum atomic E-state index is -0.402. The molecule has 34 heavy (non-hydrogen) atoms. The van der Waals surface area contributed by atoms with Crippen LogP contribution in [0, 0.1) is 5.82 Å². The van der Waals surface area contributed by atoms with Crippen LogP contribution in [-0.2, 0) is 19.5 Å². The lowest BCUT2D eigenvalue weighted by Gasteiger charge is -2.43. The monoisotopic (exact) mass is 463 g/mol. The lowest BCUT2D eigenvalue weighted by Crippen LogP contribution is -2.47. The average molecular weight is 463 g/mol. The van der Waals surface area contributed by atoms with Crippen LogP contribution < -0.4 is 5.46 Å². The normalized spacial score (nSPS) is 24.8. The minimum absolute atomic E-state index is 0.0465. The second-order valence-electron chi connectivity index (χ2n) is 10.7. The van der Waals surface area contributed by atoms with Crippen LogP contribution in [0.5, 0.6) is 0 Å². The zero-order valence-electron chi connectivity index (χ0n) is 20.9. The third-order valence-corrected chi connectivity index (χ3v) is 8.04. The van der Waals surface area contributed by atoms with Gasteiger partial charge in [0, 0.05) is 18.4 Å². The van der Waals surface area contributed by atoms with E-state index in [1.807, 2.05) is 50.8 Å². The fraction of sp³-hybridized carbons (Fsp3) is 0.464. The van der Waals surface area contributed by atoms with Gasteiger partial charge in [-0.1, -0.05) is 42.5 Å². The Labute approximate surface area is 203 Å². The van der Waals surface area contributed by atoms with Crippen molar-refractivity contribution in [3.05, 3.63) is 78.1 Å². The van der Waals surface area contributed by atoms with Crippen LogP contribution >= 0.6 is 0 Å².